The van der Waals surface area contributed by atoms with Gasteiger partial charge in [0, 0.05) is 25.4 Å². The van der Waals surface area contributed by atoms with Crippen molar-refractivity contribution in [2.24, 2.45) is 7.05 Å². The summed E-state index contributed by atoms with van der Waals surface area (Å²) in [5.74, 6) is -1.20. The second-order valence-corrected chi connectivity index (χ2v) is 5.96. The number of hydrogen-bond acceptors (Lipinski definition) is 5. The average Bonchev–Trinajstić information content (AvgIpc) is 3.17. The van der Waals surface area contributed by atoms with E-state index in [-0.39, 0.29) is 5.91 Å². The zero-order valence-corrected chi connectivity index (χ0v) is 12.2. The number of likely N-dealkylation sites (tertiary alicyclic amines) is 1. The molecule has 1 aliphatic rings. The molecule has 1 saturated heterocycles. The Morgan fingerprint density at radius 2 is 2.24 bits per heavy atom. The van der Waals surface area contributed by atoms with Gasteiger partial charge >= 0.3 is 5.97 Å². The van der Waals surface area contributed by atoms with Gasteiger partial charge in [-0.1, -0.05) is 0 Å². The highest BCUT2D eigenvalue weighted by atomic mass is 32.1. The van der Waals surface area contributed by atoms with E-state index in [0.717, 1.165) is 12.0 Å². The van der Waals surface area contributed by atoms with E-state index in [1.54, 1.807) is 10.9 Å². The maximum Gasteiger partial charge on any atom is 0.326 e. The number of carboxylic acid groups (broad SMARTS) is 1. The fourth-order valence-corrected chi connectivity index (χ4v) is 3.29. The minimum absolute atomic E-state index is 0.257. The number of nitrogens with zero attached hydrogens (tertiary/aromatic N) is 4. The van der Waals surface area contributed by atoms with Gasteiger partial charge in [0.25, 0.3) is 5.91 Å². The van der Waals surface area contributed by atoms with Crippen molar-refractivity contribution in [2.45, 2.75) is 18.9 Å². The molecule has 0 radical (unpaired) electrons. The maximum absolute atomic E-state index is 12.4. The van der Waals surface area contributed by atoms with Crippen LogP contribution in [0.5, 0.6) is 0 Å². The van der Waals surface area contributed by atoms with Crippen LogP contribution < -0.4 is 0 Å². The molecule has 21 heavy (non-hydrogen) atoms. The SMILES string of the molecule is Cn1cc(-c2ncc(C(=O)N3CCCC3C(=O)O)s2)cn1. The number of carbonyl (C=O) groups is 2. The minimum atomic E-state index is -0.946. The van der Waals surface area contributed by atoms with Crippen molar-refractivity contribution in [3.63, 3.8) is 0 Å². The van der Waals surface area contributed by atoms with Gasteiger partial charge < -0.3 is 10.0 Å². The van der Waals surface area contributed by atoms with Crippen molar-refractivity contribution in [1.82, 2.24) is 19.7 Å². The standard InChI is InChI=1S/C13H14N4O3S/c1-16-7-8(5-15-16)11-14-6-10(21-11)12(18)17-4-2-3-9(17)13(19)20/h5-7,9H,2-4H2,1H3,(H,19,20). The highest BCUT2D eigenvalue weighted by Gasteiger charge is 2.35. The number of thiazole rings is 1. The van der Waals surface area contributed by atoms with Crippen LogP contribution in [0.3, 0.4) is 0 Å². The van der Waals surface area contributed by atoms with Crippen LogP contribution >= 0.6 is 11.3 Å². The third-order valence-corrected chi connectivity index (χ3v) is 4.50. The second-order valence-electron chi connectivity index (χ2n) is 4.93. The van der Waals surface area contributed by atoms with E-state index in [4.69, 9.17) is 5.11 Å². The molecule has 8 heteroatoms. The van der Waals surface area contributed by atoms with Gasteiger partial charge in [-0.2, -0.15) is 5.10 Å². The van der Waals surface area contributed by atoms with Crippen LogP contribution in [-0.4, -0.2) is 49.2 Å². The number of aryl methyl sites for hydroxylation is 1. The Morgan fingerprint density at radius 3 is 2.90 bits per heavy atom. The molecule has 110 valence electrons. The zero-order valence-electron chi connectivity index (χ0n) is 11.4. The maximum atomic E-state index is 12.4. The number of rotatable bonds is 3. The summed E-state index contributed by atoms with van der Waals surface area (Å²) in [5.41, 5.74) is 0.845. The molecule has 0 saturated carbocycles. The number of carbonyl (C=O) groups excluding carboxylic acids is 1. The summed E-state index contributed by atoms with van der Waals surface area (Å²) >= 11 is 1.26. The number of aromatic nitrogens is 3. The molecular weight excluding hydrogens is 292 g/mol. The molecule has 1 atom stereocenters. The molecule has 1 fully saturated rings. The lowest BCUT2D eigenvalue weighted by Gasteiger charge is -2.20. The smallest absolute Gasteiger partial charge is 0.326 e. The predicted octanol–water partition coefficient (Wildman–Crippen LogP) is 1.23. The van der Waals surface area contributed by atoms with Crippen molar-refractivity contribution in [2.75, 3.05) is 6.54 Å². The topological polar surface area (TPSA) is 88.3 Å². The van der Waals surface area contributed by atoms with E-state index < -0.39 is 12.0 Å². The number of aliphatic carboxylic acids is 1. The Balaban J connectivity index is 1.83. The Bertz CT molecular complexity index is 693. The van der Waals surface area contributed by atoms with E-state index >= 15 is 0 Å². The Labute approximate surface area is 124 Å². The van der Waals surface area contributed by atoms with Crippen molar-refractivity contribution < 1.29 is 14.7 Å². The molecule has 0 bridgehead atoms. The van der Waals surface area contributed by atoms with Gasteiger partial charge in [0.2, 0.25) is 0 Å². The van der Waals surface area contributed by atoms with Gasteiger partial charge in [-0.05, 0) is 12.8 Å². The number of hydrogen-bond donors (Lipinski definition) is 1. The van der Waals surface area contributed by atoms with Crippen molar-refractivity contribution in [3.05, 3.63) is 23.5 Å². The van der Waals surface area contributed by atoms with Gasteiger partial charge in [-0.25, -0.2) is 9.78 Å². The molecule has 2 aromatic rings. The van der Waals surface area contributed by atoms with Crippen LogP contribution in [0.15, 0.2) is 18.6 Å². The van der Waals surface area contributed by atoms with E-state index in [2.05, 4.69) is 10.1 Å². The molecule has 7 nitrogen and oxygen atoms in total. The molecule has 1 aliphatic heterocycles. The number of carboxylic acids is 1. The third-order valence-electron chi connectivity index (χ3n) is 3.47. The van der Waals surface area contributed by atoms with Gasteiger partial charge in [0.1, 0.15) is 15.9 Å². The van der Waals surface area contributed by atoms with E-state index in [0.29, 0.717) is 22.9 Å². The Hall–Kier alpha value is -2.22. The number of amides is 1. The fourth-order valence-electron chi connectivity index (χ4n) is 2.45. The monoisotopic (exact) mass is 306 g/mol. The highest BCUT2D eigenvalue weighted by molar-refractivity contribution is 7.16. The second kappa shape index (κ2) is 5.28. The van der Waals surface area contributed by atoms with Crippen LogP contribution in [0.25, 0.3) is 10.6 Å². The highest BCUT2D eigenvalue weighted by Crippen LogP contribution is 2.27. The zero-order chi connectivity index (χ0) is 15.0. The molecule has 3 rings (SSSR count). The molecule has 0 spiro atoms. The van der Waals surface area contributed by atoms with Gasteiger partial charge in [0.15, 0.2) is 0 Å². The Kier molecular flexibility index (Phi) is 3.46. The molecule has 1 unspecified atom stereocenters. The summed E-state index contributed by atoms with van der Waals surface area (Å²) in [6.07, 6.45) is 6.24. The van der Waals surface area contributed by atoms with Crippen molar-refractivity contribution in [3.8, 4) is 10.6 Å². The first-order valence-corrected chi connectivity index (χ1v) is 7.36. The average molecular weight is 306 g/mol. The molecule has 1 N–H and O–H groups in total. The summed E-state index contributed by atoms with van der Waals surface area (Å²) < 4.78 is 1.67. The van der Waals surface area contributed by atoms with Gasteiger partial charge in [-0.3, -0.25) is 9.48 Å². The van der Waals surface area contributed by atoms with Gasteiger partial charge in [-0.15, -0.1) is 11.3 Å². The molecular formula is C13H14N4O3S. The van der Waals surface area contributed by atoms with Crippen LogP contribution in [0.2, 0.25) is 0 Å². The summed E-state index contributed by atoms with van der Waals surface area (Å²) in [5, 5.41) is 13.9. The lowest BCUT2D eigenvalue weighted by molar-refractivity contribution is -0.141. The Morgan fingerprint density at radius 1 is 1.43 bits per heavy atom. The van der Waals surface area contributed by atoms with Crippen LogP contribution in [0, 0.1) is 0 Å². The summed E-state index contributed by atoms with van der Waals surface area (Å²) in [6, 6.07) is -0.721. The molecule has 3 heterocycles. The largest absolute Gasteiger partial charge is 0.480 e. The minimum Gasteiger partial charge on any atom is -0.480 e. The fraction of sp³-hybridized carbons (Fsp3) is 0.385. The molecule has 1 amide bonds. The first kappa shape index (κ1) is 13.7. The van der Waals surface area contributed by atoms with E-state index in [1.165, 1.54) is 22.4 Å². The molecule has 0 aliphatic carbocycles. The summed E-state index contributed by atoms with van der Waals surface area (Å²) in [6.45, 7) is 0.482. The first-order chi connectivity index (χ1) is 10.1. The third kappa shape index (κ3) is 2.54. The van der Waals surface area contributed by atoms with Crippen LogP contribution in [0.1, 0.15) is 22.5 Å². The van der Waals surface area contributed by atoms with Crippen molar-refractivity contribution in [1.29, 1.82) is 0 Å². The quantitative estimate of drug-likeness (QED) is 0.921. The van der Waals surface area contributed by atoms with Crippen molar-refractivity contribution >= 4 is 23.2 Å². The lowest BCUT2D eigenvalue weighted by atomic mass is 10.2. The van der Waals surface area contributed by atoms with Gasteiger partial charge in [0.05, 0.1) is 12.4 Å². The summed E-state index contributed by atoms with van der Waals surface area (Å²) in [4.78, 5) is 29.7. The van der Waals surface area contributed by atoms with Crippen LogP contribution in [-0.2, 0) is 11.8 Å². The lowest BCUT2D eigenvalue weighted by Crippen LogP contribution is -2.40. The van der Waals surface area contributed by atoms with E-state index in [9.17, 15) is 9.59 Å². The molecule has 2 aromatic heterocycles. The molecule has 0 aromatic carbocycles. The predicted molar refractivity (Wildman–Crippen MR) is 76.0 cm³/mol. The first-order valence-electron chi connectivity index (χ1n) is 6.55. The van der Waals surface area contributed by atoms with E-state index in [1.807, 2.05) is 13.2 Å². The summed E-state index contributed by atoms with van der Waals surface area (Å²) in [7, 11) is 1.81. The van der Waals surface area contributed by atoms with Crippen LogP contribution in [0.4, 0.5) is 0 Å². The normalized spacial score (nSPS) is 18.1.